The van der Waals surface area contributed by atoms with Gasteiger partial charge >= 0.3 is 0 Å². The highest BCUT2D eigenvalue weighted by atomic mass is 16.2. The van der Waals surface area contributed by atoms with Gasteiger partial charge in [0.15, 0.2) is 0 Å². The van der Waals surface area contributed by atoms with Crippen molar-refractivity contribution in [1.29, 1.82) is 0 Å². The Labute approximate surface area is 202 Å². The first kappa shape index (κ1) is 22.1. The second-order valence-electron chi connectivity index (χ2n) is 8.34. The predicted molar refractivity (Wildman–Crippen MR) is 140 cm³/mol. The zero-order valence-corrected chi connectivity index (χ0v) is 19.7. The van der Waals surface area contributed by atoms with Gasteiger partial charge < -0.3 is 10.6 Å². The Hall–Kier alpha value is -4.72. The number of carbonyl (C=O) groups excluding carboxylic acids is 1. The molecule has 0 radical (unpaired) electrons. The lowest BCUT2D eigenvalue weighted by molar-refractivity contribution is 0.101. The van der Waals surface area contributed by atoms with E-state index < -0.39 is 0 Å². The fraction of sp³-hybridized carbons (Fsp3) is 0.111. The van der Waals surface area contributed by atoms with Crippen molar-refractivity contribution in [3.05, 3.63) is 95.7 Å². The average molecular weight is 464 g/mol. The van der Waals surface area contributed by atoms with Crippen LogP contribution in [0.5, 0.6) is 0 Å². The molecular weight excluding hydrogens is 438 g/mol. The van der Waals surface area contributed by atoms with Crippen molar-refractivity contribution in [2.75, 3.05) is 10.6 Å². The van der Waals surface area contributed by atoms with E-state index in [2.05, 4.69) is 25.8 Å². The quantitative estimate of drug-likeness (QED) is 0.352. The van der Waals surface area contributed by atoms with Crippen molar-refractivity contribution in [1.82, 2.24) is 24.5 Å². The average Bonchev–Trinajstić information content (AvgIpc) is 3.42. The summed E-state index contributed by atoms with van der Waals surface area (Å²) in [5.74, 6) is -0.196. The molecule has 2 aromatic carbocycles. The molecular formula is C27H25N7O. The first-order valence-electron chi connectivity index (χ1n) is 11.2. The van der Waals surface area contributed by atoms with E-state index in [0.29, 0.717) is 5.69 Å². The fourth-order valence-electron chi connectivity index (χ4n) is 3.87. The van der Waals surface area contributed by atoms with Crippen LogP contribution >= 0.6 is 0 Å². The van der Waals surface area contributed by atoms with E-state index in [1.54, 1.807) is 24.0 Å². The van der Waals surface area contributed by atoms with Gasteiger partial charge in [-0.05, 0) is 74.0 Å². The Balaban J connectivity index is 1.37. The number of hydrogen-bond acceptors (Lipinski definition) is 5. The lowest BCUT2D eigenvalue weighted by Gasteiger charge is -2.12. The van der Waals surface area contributed by atoms with Gasteiger partial charge in [-0.3, -0.25) is 14.5 Å². The van der Waals surface area contributed by atoms with Gasteiger partial charge in [0.05, 0.1) is 23.1 Å². The van der Waals surface area contributed by atoms with Gasteiger partial charge in [-0.25, -0.2) is 4.68 Å². The molecule has 3 aromatic heterocycles. The van der Waals surface area contributed by atoms with E-state index in [0.717, 1.165) is 44.9 Å². The minimum atomic E-state index is -0.196. The zero-order chi connectivity index (χ0) is 24.4. The summed E-state index contributed by atoms with van der Waals surface area (Å²) in [5.41, 5.74) is 6.62. The van der Waals surface area contributed by atoms with Crippen molar-refractivity contribution in [3.8, 4) is 0 Å². The molecule has 0 spiro atoms. The summed E-state index contributed by atoms with van der Waals surface area (Å²) in [5, 5.41) is 16.2. The number of aromatic nitrogens is 5. The third-order valence-corrected chi connectivity index (χ3v) is 5.68. The highest BCUT2D eigenvalue weighted by Gasteiger charge is 2.13. The lowest BCUT2D eigenvalue weighted by Crippen LogP contribution is -2.16. The third-order valence-electron chi connectivity index (χ3n) is 5.68. The number of benzene rings is 2. The number of carbonyl (C=O) groups is 1. The molecule has 5 rings (SSSR count). The van der Waals surface area contributed by atoms with Crippen LogP contribution in [0.3, 0.4) is 0 Å². The fourth-order valence-corrected chi connectivity index (χ4v) is 3.87. The minimum Gasteiger partial charge on any atom is -0.355 e. The van der Waals surface area contributed by atoms with Gasteiger partial charge in [0.25, 0.3) is 5.91 Å². The van der Waals surface area contributed by atoms with Crippen LogP contribution in [0.1, 0.15) is 27.4 Å². The molecule has 0 aliphatic heterocycles. The Morgan fingerprint density at radius 1 is 1.00 bits per heavy atom. The normalized spacial score (nSPS) is 11.3. The maximum Gasteiger partial charge on any atom is 0.273 e. The number of hydrogen-bond donors (Lipinski definition) is 2. The second-order valence-corrected chi connectivity index (χ2v) is 8.34. The lowest BCUT2D eigenvalue weighted by atomic mass is 10.1. The van der Waals surface area contributed by atoms with Crippen molar-refractivity contribution in [2.45, 2.75) is 13.8 Å². The van der Waals surface area contributed by atoms with Gasteiger partial charge in [-0.2, -0.15) is 10.2 Å². The number of anilines is 3. The van der Waals surface area contributed by atoms with Gasteiger partial charge in [0.1, 0.15) is 5.69 Å². The SMILES string of the molecule is Cc1cc(C(=O)Nc2cc(Nc3ccc4cnn(C=Cc5ccccn5)c4c3)ccc2C)n(C)n1. The number of nitrogens with zero attached hydrogens (tertiary/aromatic N) is 5. The largest absolute Gasteiger partial charge is 0.355 e. The van der Waals surface area contributed by atoms with Gasteiger partial charge in [0, 0.05) is 41.9 Å². The first-order chi connectivity index (χ1) is 17.0. The van der Waals surface area contributed by atoms with Crippen LogP contribution in [0.2, 0.25) is 0 Å². The van der Waals surface area contributed by atoms with Crippen LogP contribution in [0.4, 0.5) is 17.1 Å². The number of aryl methyl sites for hydroxylation is 3. The van der Waals surface area contributed by atoms with Crippen LogP contribution < -0.4 is 10.6 Å². The Morgan fingerprint density at radius 2 is 1.83 bits per heavy atom. The summed E-state index contributed by atoms with van der Waals surface area (Å²) in [6.45, 7) is 3.83. The number of fused-ring (bicyclic) bond motifs is 1. The summed E-state index contributed by atoms with van der Waals surface area (Å²) in [6, 6.07) is 19.5. The molecule has 0 saturated heterocycles. The second kappa shape index (κ2) is 9.26. The number of amides is 1. The van der Waals surface area contributed by atoms with Crippen molar-refractivity contribution < 1.29 is 4.79 Å². The van der Waals surface area contributed by atoms with Crippen LogP contribution in [-0.2, 0) is 7.05 Å². The summed E-state index contributed by atoms with van der Waals surface area (Å²) in [4.78, 5) is 17.1. The molecule has 0 fully saturated rings. The molecule has 2 N–H and O–H groups in total. The molecule has 0 atom stereocenters. The van der Waals surface area contributed by atoms with Gasteiger partial charge in [0.2, 0.25) is 0 Å². The molecule has 0 unspecified atom stereocenters. The Kier molecular flexibility index (Phi) is 5.85. The van der Waals surface area contributed by atoms with E-state index in [4.69, 9.17) is 0 Å². The highest BCUT2D eigenvalue weighted by Crippen LogP contribution is 2.26. The smallest absolute Gasteiger partial charge is 0.273 e. The van der Waals surface area contributed by atoms with Crippen molar-refractivity contribution in [2.24, 2.45) is 7.05 Å². The molecule has 0 bridgehead atoms. The molecule has 1 amide bonds. The molecule has 8 nitrogen and oxygen atoms in total. The minimum absolute atomic E-state index is 0.196. The maximum atomic E-state index is 12.8. The monoisotopic (exact) mass is 463 g/mol. The highest BCUT2D eigenvalue weighted by molar-refractivity contribution is 6.03. The maximum absolute atomic E-state index is 12.8. The molecule has 8 heteroatoms. The molecule has 0 aliphatic rings. The molecule has 0 aliphatic carbocycles. The first-order valence-corrected chi connectivity index (χ1v) is 11.2. The summed E-state index contributed by atoms with van der Waals surface area (Å²) in [6.07, 6.45) is 7.42. The van der Waals surface area contributed by atoms with E-state index in [1.807, 2.05) is 91.6 Å². The summed E-state index contributed by atoms with van der Waals surface area (Å²) in [7, 11) is 1.76. The van der Waals surface area contributed by atoms with E-state index in [1.165, 1.54) is 0 Å². The number of pyridine rings is 1. The van der Waals surface area contributed by atoms with Crippen molar-refractivity contribution in [3.63, 3.8) is 0 Å². The van der Waals surface area contributed by atoms with Crippen molar-refractivity contribution >= 4 is 46.1 Å². The molecule has 174 valence electrons. The molecule has 35 heavy (non-hydrogen) atoms. The van der Waals surface area contributed by atoms with Gasteiger partial charge in [-0.1, -0.05) is 12.1 Å². The van der Waals surface area contributed by atoms with Crippen LogP contribution in [0.15, 0.2) is 73.1 Å². The standard InChI is InChI=1S/C27H25N7O/c1-18-7-9-22(15-24(18)31-27(35)26-14-19(2)32-33(26)3)30-23-10-8-20-17-29-34(25(20)16-23)13-11-21-6-4-5-12-28-21/h4-17,30H,1-3H3,(H,31,35). The third kappa shape index (κ3) is 4.81. The van der Waals surface area contributed by atoms with Crippen LogP contribution in [0.25, 0.3) is 23.2 Å². The molecule has 0 saturated carbocycles. The predicted octanol–water partition coefficient (Wildman–Crippen LogP) is 5.41. The van der Waals surface area contributed by atoms with Crippen LogP contribution in [-0.4, -0.2) is 30.5 Å². The molecule has 3 heterocycles. The topological polar surface area (TPSA) is 89.7 Å². The Bertz CT molecular complexity index is 1550. The van der Waals surface area contributed by atoms with E-state index in [9.17, 15) is 4.79 Å². The van der Waals surface area contributed by atoms with Gasteiger partial charge in [-0.15, -0.1) is 0 Å². The summed E-state index contributed by atoms with van der Waals surface area (Å²) < 4.78 is 3.41. The Morgan fingerprint density at radius 3 is 2.60 bits per heavy atom. The number of rotatable bonds is 6. The number of nitrogens with one attached hydrogen (secondary N) is 2. The molecule has 5 aromatic rings. The van der Waals surface area contributed by atoms with E-state index >= 15 is 0 Å². The van der Waals surface area contributed by atoms with Crippen LogP contribution in [0, 0.1) is 13.8 Å². The zero-order valence-electron chi connectivity index (χ0n) is 19.7. The summed E-state index contributed by atoms with van der Waals surface area (Å²) >= 11 is 0. The van der Waals surface area contributed by atoms with E-state index in [-0.39, 0.29) is 5.91 Å².